The van der Waals surface area contributed by atoms with Gasteiger partial charge in [0.2, 0.25) is 0 Å². The van der Waals surface area contributed by atoms with Crippen molar-refractivity contribution >= 4 is 24.8 Å². The van der Waals surface area contributed by atoms with Gasteiger partial charge in [-0.2, -0.15) is 0 Å². The van der Waals surface area contributed by atoms with Crippen LogP contribution in [0.3, 0.4) is 0 Å². The van der Waals surface area contributed by atoms with Crippen LogP contribution in [0, 0.1) is 0 Å². The smallest absolute Gasteiger partial charge is 0.170 e. The first kappa shape index (κ1) is 12.4. The maximum absolute atomic E-state index is 5.65. The zero-order chi connectivity index (χ0) is 14.2. The molecule has 0 bridgehead atoms. The molecule has 0 aliphatic heterocycles. The zero-order valence-corrected chi connectivity index (χ0v) is 11.5. The Morgan fingerprint density at radius 2 is 2.19 bits per heavy atom. The Hall–Kier alpha value is -2.37. The number of anilines is 1. The lowest BCUT2D eigenvalue weighted by Crippen LogP contribution is -2.09. The molecular weight excluding hydrogens is 261 g/mol. The van der Waals surface area contributed by atoms with E-state index >= 15 is 0 Å². The molecule has 5 nitrogen and oxygen atoms in total. The number of nitrogens with zero attached hydrogens (tertiary/aromatic N) is 4. The van der Waals surface area contributed by atoms with Gasteiger partial charge in [-0.25, -0.2) is 9.50 Å². The summed E-state index contributed by atoms with van der Waals surface area (Å²) in [7, 11) is 5.65. The Bertz CT molecular complexity index is 794. The molecule has 0 unspecified atom stereocenters. The molecule has 0 amide bonds. The third-order valence-corrected chi connectivity index (χ3v) is 3.68. The van der Waals surface area contributed by atoms with E-state index in [1.807, 2.05) is 16.6 Å². The molecule has 0 atom stereocenters. The zero-order valence-electron chi connectivity index (χ0n) is 11.5. The molecular formula is C15H14BN5. The van der Waals surface area contributed by atoms with E-state index in [9.17, 15) is 0 Å². The molecule has 2 radical (unpaired) electrons. The molecule has 1 saturated carbocycles. The molecule has 1 aliphatic rings. The van der Waals surface area contributed by atoms with E-state index in [4.69, 9.17) is 7.85 Å². The highest BCUT2D eigenvalue weighted by atomic mass is 15.3. The van der Waals surface area contributed by atoms with Crippen molar-refractivity contribution in [1.29, 1.82) is 0 Å². The minimum absolute atomic E-state index is 0.497. The molecule has 21 heavy (non-hydrogen) atoms. The number of pyridine rings is 2. The maximum Gasteiger partial charge on any atom is 0.170 e. The van der Waals surface area contributed by atoms with Crippen molar-refractivity contribution in [3.05, 3.63) is 48.0 Å². The van der Waals surface area contributed by atoms with E-state index in [2.05, 4.69) is 32.6 Å². The molecule has 6 heteroatoms. The highest BCUT2D eigenvalue weighted by Gasteiger charge is 2.23. The molecule has 3 aromatic heterocycles. The van der Waals surface area contributed by atoms with Crippen LogP contribution in [0.1, 0.15) is 30.1 Å². The van der Waals surface area contributed by atoms with E-state index in [1.54, 1.807) is 12.3 Å². The molecule has 4 rings (SSSR count). The number of hydrogen-bond donors (Lipinski definition) is 1. The lowest BCUT2D eigenvalue weighted by Gasteiger charge is -2.03. The average Bonchev–Trinajstić information content (AvgIpc) is 3.25. The summed E-state index contributed by atoms with van der Waals surface area (Å²) in [5, 5.41) is 7.77. The minimum atomic E-state index is 0.497. The topological polar surface area (TPSA) is 55.1 Å². The van der Waals surface area contributed by atoms with Crippen LogP contribution in [0.5, 0.6) is 0 Å². The van der Waals surface area contributed by atoms with Gasteiger partial charge in [-0.1, -0.05) is 6.07 Å². The van der Waals surface area contributed by atoms with Gasteiger partial charge >= 0.3 is 0 Å². The molecule has 0 aromatic carbocycles. The van der Waals surface area contributed by atoms with Crippen LogP contribution < -0.4 is 10.9 Å². The van der Waals surface area contributed by atoms with Crippen molar-refractivity contribution in [2.24, 2.45) is 0 Å². The van der Waals surface area contributed by atoms with Gasteiger partial charge in [-0.3, -0.25) is 4.98 Å². The van der Waals surface area contributed by atoms with Gasteiger partial charge in [0.15, 0.2) is 11.5 Å². The third kappa shape index (κ3) is 2.61. The Morgan fingerprint density at radius 1 is 1.29 bits per heavy atom. The predicted molar refractivity (Wildman–Crippen MR) is 81.9 cm³/mol. The van der Waals surface area contributed by atoms with Crippen LogP contribution in [0.25, 0.3) is 5.65 Å². The maximum atomic E-state index is 5.65. The molecule has 0 saturated heterocycles. The second-order valence-electron chi connectivity index (χ2n) is 5.39. The van der Waals surface area contributed by atoms with Gasteiger partial charge in [-0.15, -0.1) is 5.10 Å². The van der Waals surface area contributed by atoms with Gasteiger partial charge in [0.05, 0.1) is 6.54 Å². The van der Waals surface area contributed by atoms with Gasteiger partial charge in [0.25, 0.3) is 0 Å². The lowest BCUT2D eigenvalue weighted by molar-refractivity contribution is 0.879. The minimum Gasteiger partial charge on any atom is -0.378 e. The highest BCUT2D eigenvalue weighted by molar-refractivity contribution is 6.30. The molecule has 1 fully saturated rings. The largest absolute Gasteiger partial charge is 0.378 e. The summed E-state index contributed by atoms with van der Waals surface area (Å²) in [6.07, 6.45) is 6.35. The van der Waals surface area contributed by atoms with E-state index in [0.29, 0.717) is 12.1 Å². The van der Waals surface area contributed by atoms with Crippen molar-refractivity contribution < 1.29 is 0 Å². The quantitative estimate of drug-likeness (QED) is 0.731. The van der Waals surface area contributed by atoms with E-state index in [1.165, 1.54) is 18.4 Å². The monoisotopic (exact) mass is 275 g/mol. The van der Waals surface area contributed by atoms with Gasteiger partial charge in [0, 0.05) is 18.1 Å². The first-order chi connectivity index (χ1) is 10.3. The normalized spacial score (nSPS) is 14.5. The highest BCUT2D eigenvalue weighted by Crippen LogP contribution is 2.39. The van der Waals surface area contributed by atoms with Crippen molar-refractivity contribution in [3.63, 3.8) is 0 Å². The van der Waals surface area contributed by atoms with Crippen LogP contribution in [-0.4, -0.2) is 27.4 Å². The number of fused-ring (bicyclic) bond motifs is 1. The number of hydrogen-bond acceptors (Lipinski definition) is 4. The summed E-state index contributed by atoms with van der Waals surface area (Å²) in [5.41, 5.74) is 3.65. The van der Waals surface area contributed by atoms with Crippen molar-refractivity contribution in [3.8, 4) is 0 Å². The Kier molecular flexibility index (Phi) is 2.87. The first-order valence-electron chi connectivity index (χ1n) is 7.08. The standard InChI is InChI=1S/C15H14BN5/c16-13-7-12(5-6-17-13)18-8-14-19-15-4-3-11(10-1-2-10)9-21(15)20-14/h3-7,9-10H,1-2,8H2,(H,17,18). The number of aromatic nitrogens is 4. The van der Waals surface area contributed by atoms with Crippen LogP contribution in [0.4, 0.5) is 5.69 Å². The third-order valence-electron chi connectivity index (χ3n) is 3.68. The van der Waals surface area contributed by atoms with Crippen LogP contribution in [-0.2, 0) is 6.54 Å². The number of rotatable bonds is 4. The van der Waals surface area contributed by atoms with Crippen molar-refractivity contribution in [1.82, 2.24) is 19.6 Å². The first-order valence-corrected chi connectivity index (χ1v) is 7.08. The molecule has 1 N–H and O–H groups in total. The van der Waals surface area contributed by atoms with E-state index in [-0.39, 0.29) is 0 Å². The molecule has 1 aliphatic carbocycles. The second kappa shape index (κ2) is 4.88. The van der Waals surface area contributed by atoms with Crippen LogP contribution >= 0.6 is 0 Å². The van der Waals surface area contributed by atoms with Gasteiger partial charge in [-0.05, 0) is 48.1 Å². The summed E-state index contributed by atoms with van der Waals surface area (Å²) in [4.78, 5) is 8.48. The van der Waals surface area contributed by atoms with Gasteiger partial charge < -0.3 is 5.32 Å². The fraction of sp³-hybridized carbons (Fsp3) is 0.267. The number of nitrogens with one attached hydrogen (secondary N) is 1. The average molecular weight is 275 g/mol. The molecule has 102 valence electrons. The Labute approximate surface area is 123 Å². The predicted octanol–water partition coefficient (Wildman–Crippen LogP) is 1.41. The fourth-order valence-electron chi connectivity index (χ4n) is 2.42. The summed E-state index contributed by atoms with van der Waals surface area (Å²) < 4.78 is 1.87. The molecule has 0 spiro atoms. The summed E-state index contributed by atoms with van der Waals surface area (Å²) in [6, 6.07) is 7.86. The SMILES string of the molecule is [B]c1cc(NCc2nc3ccc(C4CC4)cn3n2)ccn1. The Morgan fingerprint density at radius 3 is 3.00 bits per heavy atom. The lowest BCUT2D eigenvalue weighted by atomic mass is 10.0. The summed E-state index contributed by atoms with van der Waals surface area (Å²) in [6.45, 7) is 0.559. The summed E-state index contributed by atoms with van der Waals surface area (Å²) in [5.74, 6) is 1.48. The van der Waals surface area contributed by atoms with Crippen molar-refractivity contribution in [2.75, 3.05) is 5.32 Å². The van der Waals surface area contributed by atoms with E-state index < -0.39 is 0 Å². The van der Waals surface area contributed by atoms with Gasteiger partial charge in [0.1, 0.15) is 7.85 Å². The summed E-state index contributed by atoms with van der Waals surface area (Å²) >= 11 is 0. The molecule has 3 heterocycles. The Balaban J connectivity index is 1.53. The fourth-order valence-corrected chi connectivity index (χ4v) is 2.42. The van der Waals surface area contributed by atoms with Crippen LogP contribution in [0.2, 0.25) is 0 Å². The second-order valence-corrected chi connectivity index (χ2v) is 5.39. The van der Waals surface area contributed by atoms with Crippen LogP contribution in [0.15, 0.2) is 36.7 Å². The molecule has 3 aromatic rings. The van der Waals surface area contributed by atoms with E-state index in [0.717, 1.165) is 23.1 Å². The van der Waals surface area contributed by atoms with Crippen molar-refractivity contribution in [2.45, 2.75) is 25.3 Å².